The Morgan fingerprint density at radius 1 is 1.09 bits per heavy atom. The maximum Gasteiger partial charge on any atom is 0.352 e. The van der Waals surface area contributed by atoms with E-state index in [1.54, 1.807) is 19.1 Å². The van der Waals surface area contributed by atoms with Gasteiger partial charge in [-0.3, -0.25) is 13.9 Å². The molecule has 44 heavy (non-hydrogen) atoms. The number of benzene rings is 2. The van der Waals surface area contributed by atoms with Crippen LogP contribution >= 0.6 is 0 Å². The quantitative estimate of drug-likeness (QED) is 0.266. The van der Waals surface area contributed by atoms with Crippen molar-refractivity contribution in [3.63, 3.8) is 0 Å². The second-order valence-corrected chi connectivity index (χ2v) is 15.4. The maximum absolute atomic E-state index is 14.2. The van der Waals surface area contributed by atoms with Crippen molar-refractivity contribution < 1.29 is 42.0 Å². The summed E-state index contributed by atoms with van der Waals surface area (Å²) in [5.74, 6) is -3.14. The van der Waals surface area contributed by atoms with E-state index in [0.29, 0.717) is 29.6 Å². The molecule has 0 aliphatic carbocycles. The number of β-lactam (4-membered cyclic amide) rings is 1. The molecule has 4 saturated heterocycles. The third-order valence-corrected chi connectivity index (χ3v) is 12.9. The molecule has 12 nitrogen and oxygen atoms in total. The van der Waals surface area contributed by atoms with Crippen LogP contribution in [0, 0.1) is 11.8 Å². The van der Waals surface area contributed by atoms with Gasteiger partial charge >= 0.3 is 5.97 Å². The molecule has 6 aliphatic rings. The largest absolute Gasteiger partial charge is 0.477 e. The van der Waals surface area contributed by atoms with Gasteiger partial charge in [0.25, 0.3) is 15.9 Å². The first-order valence-corrected chi connectivity index (χ1v) is 16.8. The van der Waals surface area contributed by atoms with Crippen LogP contribution in [0.15, 0.2) is 46.5 Å². The predicted octanol–water partition coefficient (Wildman–Crippen LogP) is 0.233. The number of rotatable bonds is 9. The molecule has 13 heteroatoms. The van der Waals surface area contributed by atoms with Crippen LogP contribution in [0.5, 0.6) is 0 Å². The summed E-state index contributed by atoms with van der Waals surface area (Å²) in [6.45, 7) is 10.1. The number of aliphatic hydroxyl groups excluding tert-OH is 1. The van der Waals surface area contributed by atoms with E-state index in [2.05, 4.69) is 6.07 Å². The zero-order valence-electron chi connectivity index (χ0n) is 25.0. The van der Waals surface area contributed by atoms with Gasteiger partial charge in [0.15, 0.2) is 6.54 Å². The highest BCUT2D eigenvalue weighted by atomic mass is 32.2. The molecule has 4 fully saturated rings. The van der Waals surface area contributed by atoms with Crippen LogP contribution in [0.3, 0.4) is 0 Å². The number of hydrogen-bond donors (Lipinski definition) is 3. The number of anilines is 1. The number of primary amides is 1. The predicted molar refractivity (Wildman–Crippen MR) is 160 cm³/mol. The summed E-state index contributed by atoms with van der Waals surface area (Å²) in [5.41, 5.74) is 7.14. The van der Waals surface area contributed by atoms with Crippen molar-refractivity contribution in [1.29, 1.82) is 0 Å². The monoisotopic (exact) mass is 625 g/mol. The number of carbonyl (C=O) groups excluding carboxylic acids is 2. The molecule has 4 N–H and O–H groups in total. The lowest BCUT2D eigenvalue weighted by atomic mass is 9.78. The van der Waals surface area contributed by atoms with E-state index >= 15 is 0 Å². The van der Waals surface area contributed by atoms with Crippen molar-refractivity contribution in [3.05, 3.63) is 47.2 Å². The van der Waals surface area contributed by atoms with Crippen molar-refractivity contribution in [2.24, 2.45) is 17.6 Å². The summed E-state index contributed by atoms with van der Waals surface area (Å²) in [5, 5.41) is 21.7. The van der Waals surface area contributed by atoms with Crippen LogP contribution in [-0.4, -0.2) is 121 Å². The molecule has 2 aromatic carbocycles. The highest BCUT2D eigenvalue weighted by Crippen LogP contribution is 2.49. The topological polar surface area (TPSA) is 158 Å². The third-order valence-electron chi connectivity index (χ3n) is 11.2. The number of amides is 2. The molecule has 2 bridgehead atoms. The van der Waals surface area contributed by atoms with E-state index in [1.807, 2.05) is 12.1 Å². The molecule has 0 saturated carbocycles. The molecule has 4 atom stereocenters. The number of carboxylic acid groups (broad SMARTS) is 1. The lowest BCUT2D eigenvalue weighted by Crippen LogP contribution is -2.76. The lowest BCUT2D eigenvalue weighted by molar-refractivity contribution is -1.08. The number of nitrogens with zero attached hydrogens (tertiary/aromatic N) is 4. The van der Waals surface area contributed by atoms with Crippen LogP contribution in [0.4, 0.5) is 5.69 Å². The van der Waals surface area contributed by atoms with E-state index in [4.69, 9.17) is 5.73 Å². The van der Waals surface area contributed by atoms with Gasteiger partial charge in [0.1, 0.15) is 45.0 Å². The second kappa shape index (κ2) is 9.74. The Hall–Kier alpha value is -3.52. The number of carbonyl (C=O) groups is 3. The van der Waals surface area contributed by atoms with E-state index in [1.165, 1.54) is 16.1 Å². The molecule has 6 aliphatic heterocycles. The minimum atomic E-state index is -4.01. The van der Waals surface area contributed by atoms with E-state index in [0.717, 1.165) is 65.7 Å². The third kappa shape index (κ3) is 4.12. The van der Waals surface area contributed by atoms with Gasteiger partial charge in [0.05, 0.1) is 41.7 Å². The fraction of sp³-hybridized carbons (Fsp3) is 0.516. The number of quaternary nitrogens is 2. The average Bonchev–Trinajstić information content (AvgIpc) is 3.34. The van der Waals surface area contributed by atoms with Gasteiger partial charge in [-0.2, -0.15) is 0 Å². The van der Waals surface area contributed by atoms with Gasteiger partial charge in [-0.15, -0.1) is 0 Å². The van der Waals surface area contributed by atoms with Gasteiger partial charge in [-0.1, -0.05) is 25.1 Å². The smallest absolute Gasteiger partial charge is 0.352 e. The Morgan fingerprint density at radius 3 is 2.36 bits per heavy atom. The number of nitrogens with two attached hydrogens (primary N) is 1. The molecule has 8 rings (SSSR count). The Balaban J connectivity index is 1.16. The van der Waals surface area contributed by atoms with Crippen LogP contribution in [-0.2, 0) is 30.8 Å². The normalized spacial score (nSPS) is 32.2. The molecular weight excluding hydrogens is 586 g/mol. The summed E-state index contributed by atoms with van der Waals surface area (Å²) >= 11 is 0. The number of aliphatic hydroxyl groups is 1. The van der Waals surface area contributed by atoms with E-state index < -0.39 is 45.9 Å². The fourth-order valence-corrected chi connectivity index (χ4v) is 10.4. The van der Waals surface area contributed by atoms with Crippen molar-refractivity contribution in [2.75, 3.05) is 63.2 Å². The summed E-state index contributed by atoms with van der Waals surface area (Å²) in [6, 6.07) is 8.77. The molecule has 2 amide bonds. The van der Waals surface area contributed by atoms with Gasteiger partial charge in [-0.25, -0.2) is 13.2 Å². The summed E-state index contributed by atoms with van der Waals surface area (Å²) in [6.07, 6.45) is -0.228. The maximum atomic E-state index is 14.2. The molecule has 0 spiro atoms. The van der Waals surface area contributed by atoms with Crippen LogP contribution in [0.25, 0.3) is 10.8 Å². The van der Waals surface area contributed by atoms with Crippen molar-refractivity contribution >= 4 is 44.3 Å². The van der Waals surface area contributed by atoms with Gasteiger partial charge in [0, 0.05) is 17.7 Å². The standard InChI is InChI=1S/C31H37N5O7S/c1-18-22(29(31(40)41)34-28(18)26(19(2)37)30(34)39)16-33-23-5-3-4-21-14-20(15-24(27(21)23)44(33,42)43)6-7-35-8-11-36(12-9-35,13-10-35)17-25(32)38/h3-5,14-15,18-19,26,28,37H,6-13,16-17H2,1-2H3,(H-2,32,38,40,41)/p+2/t18-,19+,26+,28+,35?,36?/m0/s1. The summed E-state index contributed by atoms with van der Waals surface area (Å²) in [4.78, 5) is 38.3. The minimum Gasteiger partial charge on any atom is -0.477 e. The van der Waals surface area contributed by atoms with Gasteiger partial charge in [-0.05, 0) is 35.6 Å². The first-order chi connectivity index (χ1) is 20.8. The summed E-state index contributed by atoms with van der Waals surface area (Å²) in [7, 11) is -4.01. The van der Waals surface area contributed by atoms with E-state index in [-0.39, 0.29) is 23.0 Å². The average molecular weight is 626 g/mol. The molecule has 0 radical (unpaired) electrons. The molecule has 234 valence electrons. The fourth-order valence-electron chi connectivity index (χ4n) is 8.62. The summed E-state index contributed by atoms with van der Waals surface area (Å²) < 4.78 is 31.3. The number of carboxylic acids is 1. The highest BCUT2D eigenvalue weighted by molar-refractivity contribution is 7.93. The molecule has 0 unspecified atom stereocenters. The van der Waals surface area contributed by atoms with Gasteiger partial charge in [0.2, 0.25) is 5.91 Å². The number of hydrogen-bond acceptors (Lipinski definition) is 6. The second-order valence-electron chi connectivity index (χ2n) is 13.5. The Bertz CT molecular complexity index is 1750. The van der Waals surface area contributed by atoms with Crippen LogP contribution in [0.1, 0.15) is 19.4 Å². The molecule has 6 heterocycles. The Labute approximate surface area is 256 Å². The lowest BCUT2D eigenvalue weighted by Gasteiger charge is -2.55. The van der Waals surface area contributed by atoms with Crippen LogP contribution < -0.4 is 10.0 Å². The van der Waals surface area contributed by atoms with Crippen molar-refractivity contribution in [2.45, 2.75) is 37.3 Å². The van der Waals surface area contributed by atoms with Crippen molar-refractivity contribution in [1.82, 2.24) is 4.90 Å². The van der Waals surface area contributed by atoms with E-state index in [9.17, 15) is 33.0 Å². The number of aliphatic carboxylic acids is 1. The zero-order chi connectivity index (χ0) is 31.3. The minimum absolute atomic E-state index is 0.182. The van der Waals surface area contributed by atoms with Crippen molar-refractivity contribution in [3.8, 4) is 0 Å². The number of sulfonamides is 1. The van der Waals surface area contributed by atoms with Crippen LogP contribution in [0.2, 0.25) is 0 Å². The molecular formula is C31H39N5O7S+2. The number of piperazine rings is 3. The number of fused-ring (bicyclic) bond motifs is 4. The molecule has 2 aromatic rings. The SMILES string of the molecule is C[C@@H](O)[C@H]1C(=O)N2C(C(=O)O)=C(CN3c4cccc5cc(CC[N+]67CC[N+](CC(N)=O)(CC6)CC7)cc(c45)S3(=O)=O)[C@H](C)[C@H]12. The zero-order valence-corrected chi connectivity index (χ0v) is 25.8. The Morgan fingerprint density at radius 2 is 1.75 bits per heavy atom. The Kier molecular flexibility index (Phi) is 6.46. The first kappa shape index (κ1) is 29.2. The molecule has 0 aromatic heterocycles. The first-order valence-electron chi connectivity index (χ1n) is 15.3. The van der Waals surface area contributed by atoms with Gasteiger partial charge < -0.3 is 29.8 Å². The highest BCUT2D eigenvalue weighted by Gasteiger charge is 2.60.